The first-order chi connectivity index (χ1) is 7.88. The Balaban J connectivity index is 2.01. The highest BCUT2D eigenvalue weighted by atomic mass is 15.3. The molecule has 0 radical (unpaired) electrons. The molecule has 78 valence electrons. The summed E-state index contributed by atoms with van der Waals surface area (Å²) in [6.07, 6.45) is 4.37. The van der Waals surface area contributed by atoms with E-state index in [9.17, 15) is 0 Å². The SMILES string of the molecule is N#Cc1ccc(-n2nccc2C2CC2)cc1. The number of nitrogens with zero attached hydrogens (tertiary/aromatic N) is 3. The van der Waals surface area contributed by atoms with Gasteiger partial charge >= 0.3 is 0 Å². The molecule has 0 amide bonds. The van der Waals surface area contributed by atoms with Crippen molar-refractivity contribution in [2.45, 2.75) is 18.8 Å². The standard InChI is InChI=1S/C13H11N3/c14-9-10-1-5-12(6-2-10)16-13(7-8-15-16)11-3-4-11/h1-2,5-8,11H,3-4H2. The lowest BCUT2D eigenvalue weighted by Crippen LogP contribution is -2.00. The van der Waals surface area contributed by atoms with Crippen molar-refractivity contribution < 1.29 is 0 Å². The van der Waals surface area contributed by atoms with Crippen molar-refractivity contribution in [1.82, 2.24) is 9.78 Å². The molecule has 1 aliphatic rings. The molecule has 3 rings (SSSR count). The van der Waals surface area contributed by atoms with Crippen molar-refractivity contribution in [3.8, 4) is 11.8 Å². The summed E-state index contributed by atoms with van der Waals surface area (Å²) in [4.78, 5) is 0. The van der Waals surface area contributed by atoms with Crippen molar-refractivity contribution in [3.63, 3.8) is 0 Å². The van der Waals surface area contributed by atoms with Crippen molar-refractivity contribution in [3.05, 3.63) is 47.8 Å². The summed E-state index contributed by atoms with van der Waals surface area (Å²) in [6.45, 7) is 0. The van der Waals surface area contributed by atoms with Crippen molar-refractivity contribution in [2.75, 3.05) is 0 Å². The van der Waals surface area contributed by atoms with Crippen LogP contribution in [-0.4, -0.2) is 9.78 Å². The lowest BCUT2D eigenvalue weighted by molar-refractivity contribution is 0.808. The lowest BCUT2D eigenvalue weighted by atomic mass is 10.2. The Bertz CT molecular complexity index is 541. The van der Waals surface area contributed by atoms with Crippen LogP contribution in [-0.2, 0) is 0 Å². The van der Waals surface area contributed by atoms with E-state index in [1.54, 1.807) is 0 Å². The van der Waals surface area contributed by atoms with Crippen molar-refractivity contribution >= 4 is 0 Å². The largest absolute Gasteiger partial charge is 0.238 e. The summed E-state index contributed by atoms with van der Waals surface area (Å²) in [5, 5.41) is 13.1. The highest BCUT2D eigenvalue weighted by Crippen LogP contribution is 2.40. The van der Waals surface area contributed by atoms with Crippen LogP contribution >= 0.6 is 0 Å². The third kappa shape index (κ3) is 1.49. The Morgan fingerprint density at radius 1 is 1.19 bits per heavy atom. The third-order valence-corrected chi connectivity index (χ3v) is 2.91. The van der Waals surface area contributed by atoms with Crippen molar-refractivity contribution in [2.24, 2.45) is 0 Å². The zero-order chi connectivity index (χ0) is 11.0. The quantitative estimate of drug-likeness (QED) is 0.762. The van der Waals surface area contributed by atoms with Crippen LogP contribution in [0.15, 0.2) is 36.5 Å². The monoisotopic (exact) mass is 209 g/mol. The topological polar surface area (TPSA) is 41.6 Å². The first-order valence-electron chi connectivity index (χ1n) is 5.43. The molecule has 1 aromatic carbocycles. The van der Waals surface area contributed by atoms with Gasteiger partial charge in [-0.05, 0) is 43.2 Å². The molecular formula is C13H11N3. The summed E-state index contributed by atoms with van der Waals surface area (Å²) in [6, 6.07) is 11.7. The van der Waals surface area contributed by atoms with Gasteiger partial charge in [0.05, 0.1) is 17.3 Å². The van der Waals surface area contributed by atoms with Gasteiger partial charge in [0, 0.05) is 17.8 Å². The molecule has 1 fully saturated rings. The maximum Gasteiger partial charge on any atom is 0.0991 e. The van der Waals surface area contributed by atoms with Gasteiger partial charge in [0.1, 0.15) is 0 Å². The van der Waals surface area contributed by atoms with E-state index in [1.807, 2.05) is 35.1 Å². The summed E-state index contributed by atoms with van der Waals surface area (Å²) in [7, 11) is 0. The van der Waals surface area contributed by atoms with Crippen LogP contribution in [0.25, 0.3) is 5.69 Å². The first-order valence-corrected chi connectivity index (χ1v) is 5.43. The van der Waals surface area contributed by atoms with E-state index in [0.29, 0.717) is 11.5 Å². The Morgan fingerprint density at radius 3 is 2.56 bits per heavy atom. The minimum Gasteiger partial charge on any atom is -0.238 e. The number of benzene rings is 1. The molecule has 1 aromatic heterocycles. The highest BCUT2D eigenvalue weighted by molar-refractivity contribution is 5.40. The van der Waals surface area contributed by atoms with Crippen LogP contribution < -0.4 is 0 Å². The van der Waals surface area contributed by atoms with E-state index in [0.717, 1.165) is 5.69 Å². The molecule has 0 N–H and O–H groups in total. The van der Waals surface area contributed by atoms with E-state index in [-0.39, 0.29) is 0 Å². The second-order valence-corrected chi connectivity index (χ2v) is 4.10. The molecule has 1 saturated carbocycles. The minimum absolute atomic E-state index is 0.679. The normalized spacial score (nSPS) is 14.7. The first kappa shape index (κ1) is 9.17. The third-order valence-electron chi connectivity index (χ3n) is 2.91. The molecule has 16 heavy (non-hydrogen) atoms. The Morgan fingerprint density at radius 2 is 1.94 bits per heavy atom. The van der Waals surface area contributed by atoms with Gasteiger partial charge in [-0.3, -0.25) is 0 Å². The maximum absolute atomic E-state index is 8.74. The summed E-state index contributed by atoms with van der Waals surface area (Å²) < 4.78 is 1.97. The molecule has 3 nitrogen and oxygen atoms in total. The van der Waals surface area contributed by atoms with Crippen LogP contribution in [0.3, 0.4) is 0 Å². The summed E-state index contributed by atoms with van der Waals surface area (Å²) in [5.74, 6) is 0.679. The van der Waals surface area contributed by atoms with Gasteiger partial charge in [-0.2, -0.15) is 10.4 Å². The van der Waals surface area contributed by atoms with E-state index < -0.39 is 0 Å². The van der Waals surface area contributed by atoms with Gasteiger partial charge in [0.25, 0.3) is 0 Å². The fourth-order valence-corrected chi connectivity index (χ4v) is 1.89. The molecule has 0 bridgehead atoms. The molecule has 3 heteroatoms. The molecule has 1 heterocycles. The fourth-order valence-electron chi connectivity index (χ4n) is 1.89. The molecular weight excluding hydrogens is 198 g/mol. The highest BCUT2D eigenvalue weighted by Gasteiger charge is 2.27. The zero-order valence-electron chi connectivity index (χ0n) is 8.80. The predicted octanol–water partition coefficient (Wildman–Crippen LogP) is 2.62. The van der Waals surface area contributed by atoms with Gasteiger partial charge in [0.15, 0.2) is 0 Å². The number of rotatable bonds is 2. The van der Waals surface area contributed by atoms with E-state index in [1.165, 1.54) is 18.5 Å². The van der Waals surface area contributed by atoms with Crippen molar-refractivity contribution in [1.29, 1.82) is 5.26 Å². The van der Waals surface area contributed by atoms with E-state index in [2.05, 4.69) is 17.2 Å². The fraction of sp³-hybridized carbons (Fsp3) is 0.231. The predicted molar refractivity (Wildman–Crippen MR) is 60.3 cm³/mol. The molecule has 1 aliphatic carbocycles. The minimum atomic E-state index is 0.679. The van der Waals surface area contributed by atoms with Crippen LogP contribution in [0, 0.1) is 11.3 Å². The van der Waals surface area contributed by atoms with E-state index in [4.69, 9.17) is 5.26 Å². The molecule has 0 atom stereocenters. The smallest absolute Gasteiger partial charge is 0.0991 e. The Hall–Kier alpha value is -2.08. The average molecular weight is 209 g/mol. The van der Waals surface area contributed by atoms with Crippen LogP contribution in [0.2, 0.25) is 0 Å². The number of hydrogen-bond acceptors (Lipinski definition) is 2. The summed E-state index contributed by atoms with van der Waals surface area (Å²) >= 11 is 0. The zero-order valence-corrected chi connectivity index (χ0v) is 8.80. The molecule has 0 aliphatic heterocycles. The van der Waals surface area contributed by atoms with Crippen LogP contribution in [0.4, 0.5) is 0 Å². The Labute approximate surface area is 93.9 Å². The number of nitriles is 1. The van der Waals surface area contributed by atoms with Gasteiger partial charge in [-0.15, -0.1) is 0 Å². The molecule has 2 aromatic rings. The van der Waals surface area contributed by atoms with Crippen LogP contribution in [0.1, 0.15) is 30.0 Å². The molecule has 0 saturated heterocycles. The lowest BCUT2D eigenvalue weighted by Gasteiger charge is -2.06. The van der Waals surface area contributed by atoms with Crippen LogP contribution in [0.5, 0.6) is 0 Å². The number of aromatic nitrogens is 2. The second-order valence-electron chi connectivity index (χ2n) is 4.10. The second kappa shape index (κ2) is 3.49. The Kier molecular flexibility index (Phi) is 2.00. The molecule has 0 spiro atoms. The molecule has 0 unspecified atom stereocenters. The van der Waals surface area contributed by atoms with Gasteiger partial charge in [0.2, 0.25) is 0 Å². The van der Waals surface area contributed by atoms with E-state index >= 15 is 0 Å². The van der Waals surface area contributed by atoms with Gasteiger partial charge in [-0.25, -0.2) is 4.68 Å². The summed E-state index contributed by atoms with van der Waals surface area (Å²) in [5.41, 5.74) is 3.00. The number of hydrogen-bond donors (Lipinski definition) is 0. The average Bonchev–Trinajstić information content (AvgIpc) is 3.07. The van der Waals surface area contributed by atoms with Gasteiger partial charge in [-0.1, -0.05) is 0 Å². The van der Waals surface area contributed by atoms with Gasteiger partial charge < -0.3 is 0 Å². The maximum atomic E-state index is 8.74.